The number of benzene rings is 2. The summed E-state index contributed by atoms with van der Waals surface area (Å²) in [5, 5.41) is 13.9. The Morgan fingerprint density at radius 3 is 2.38 bits per heavy atom. The lowest BCUT2D eigenvalue weighted by atomic mass is 10.0. The molecule has 0 aliphatic carbocycles. The Hall–Kier alpha value is -3.64. The molecule has 0 amide bonds. The number of nitrogens with zero attached hydrogens (tertiary/aromatic N) is 3. The number of aromatic hydroxyl groups is 1. The van der Waals surface area contributed by atoms with Gasteiger partial charge in [-0.25, -0.2) is 0 Å². The first-order valence-electron chi connectivity index (χ1n) is 10.7. The smallest absolute Gasteiger partial charge is 0.174 e. The number of aryl methyl sites for hydroxylation is 1. The minimum Gasteiger partial charge on any atom is -0.508 e. The molecule has 4 aromatic rings. The monoisotopic (exact) mass is 440 g/mol. The second-order valence-electron chi connectivity index (χ2n) is 7.84. The molecule has 5 nitrogen and oxygen atoms in total. The first kappa shape index (κ1) is 20.3. The second-order valence-corrected chi connectivity index (χ2v) is 8.22. The van der Waals surface area contributed by atoms with Crippen LogP contribution >= 0.6 is 12.2 Å². The van der Waals surface area contributed by atoms with Gasteiger partial charge in [0, 0.05) is 29.5 Å². The lowest BCUT2D eigenvalue weighted by Crippen LogP contribution is -2.30. The third kappa shape index (κ3) is 3.63. The van der Waals surface area contributed by atoms with Gasteiger partial charge in [0.15, 0.2) is 5.11 Å². The largest absolute Gasteiger partial charge is 0.508 e. The fourth-order valence-corrected chi connectivity index (χ4v) is 4.66. The van der Waals surface area contributed by atoms with E-state index in [0.29, 0.717) is 5.11 Å². The van der Waals surface area contributed by atoms with Crippen molar-refractivity contribution in [3.8, 4) is 11.4 Å². The lowest BCUT2D eigenvalue weighted by molar-refractivity contribution is 0.475. The molecule has 2 aromatic heterocycles. The average molecular weight is 441 g/mol. The summed E-state index contributed by atoms with van der Waals surface area (Å²) >= 11 is 5.83. The molecule has 2 aromatic carbocycles. The minimum absolute atomic E-state index is 0.103. The highest BCUT2D eigenvalue weighted by atomic mass is 32.1. The molecule has 0 spiro atoms. The number of phenolic OH excluding ortho intramolecular Hbond substituents is 1. The van der Waals surface area contributed by atoms with Gasteiger partial charge in [0.1, 0.15) is 11.8 Å². The molecular weight excluding hydrogens is 416 g/mol. The number of hydrogen-bond acceptors (Lipinski definition) is 3. The fourth-order valence-electron chi connectivity index (χ4n) is 4.31. The molecule has 0 radical (unpaired) electrons. The van der Waals surface area contributed by atoms with Crippen LogP contribution in [0.5, 0.6) is 5.75 Å². The second kappa shape index (κ2) is 8.48. The maximum absolute atomic E-state index is 9.74. The van der Waals surface area contributed by atoms with Crippen molar-refractivity contribution in [2.45, 2.75) is 25.4 Å². The van der Waals surface area contributed by atoms with Gasteiger partial charge in [0.05, 0.1) is 11.7 Å². The van der Waals surface area contributed by atoms with Crippen LogP contribution in [-0.4, -0.2) is 19.8 Å². The Balaban J connectivity index is 1.64. The first-order valence-corrected chi connectivity index (χ1v) is 11.1. The van der Waals surface area contributed by atoms with E-state index in [1.54, 1.807) is 12.1 Å². The van der Waals surface area contributed by atoms with Crippen molar-refractivity contribution < 1.29 is 5.11 Å². The van der Waals surface area contributed by atoms with Crippen molar-refractivity contribution in [2.24, 2.45) is 0 Å². The Bertz CT molecular complexity index is 1220. The number of hydrogen-bond donors (Lipinski definition) is 2. The van der Waals surface area contributed by atoms with E-state index in [-0.39, 0.29) is 17.8 Å². The molecule has 160 valence electrons. The van der Waals surface area contributed by atoms with Crippen molar-refractivity contribution in [1.82, 2.24) is 14.9 Å². The molecule has 2 N–H and O–H groups in total. The molecule has 0 unspecified atom stereocenters. The number of aromatic nitrogens is 2. The predicted molar refractivity (Wildman–Crippen MR) is 131 cm³/mol. The van der Waals surface area contributed by atoms with Crippen LogP contribution in [0.25, 0.3) is 5.69 Å². The number of rotatable bonds is 5. The lowest BCUT2D eigenvalue weighted by Gasteiger charge is -2.29. The summed E-state index contributed by atoms with van der Waals surface area (Å²) in [6.45, 7) is 2.15. The molecule has 1 fully saturated rings. The van der Waals surface area contributed by atoms with Crippen LogP contribution in [0.1, 0.15) is 36.0 Å². The van der Waals surface area contributed by atoms with E-state index >= 15 is 0 Å². The third-order valence-electron chi connectivity index (χ3n) is 5.93. The maximum Gasteiger partial charge on any atom is 0.174 e. The van der Waals surface area contributed by atoms with Crippen LogP contribution in [0.3, 0.4) is 0 Å². The van der Waals surface area contributed by atoms with Crippen LogP contribution in [0.2, 0.25) is 0 Å². The molecule has 1 saturated heterocycles. The van der Waals surface area contributed by atoms with E-state index in [0.717, 1.165) is 29.2 Å². The Kier molecular flexibility index (Phi) is 5.37. The van der Waals surface area contributed by atoms with E-state index in [1.165, 1.54) is 5.56 Å². The topological polar surface area (TPSA) is 53.3 Å². The van der Waals surface area contributed by atoms with Crippen molar-refractivity contribution in [1.29, 1.82) is 0 Å². The van der Waals surface area contributed by atoms with Crippen LogP contribution in [0.15, 0.2) is 91.3 Å². The molecule has 3 heterocycles. The van der Waals surface area contributed by atoms with E-state index in [9.17, 15) is 5.11 Å². The van der Waals surface area contributed by atoms with Gasteiger partial charge in [-0.1, -0.05) is 25.1 Å². The zero-order valence-corrected chi connectivity index (χ0v) is 18.5. The SMILES string of the molecule is CCc1ccc(N2C(=S)N[C@@H](c3ccccn3)[C@H]2c2cccn2-c2ccc(O)cc2)cc1. The van der Waals surface area contributed by atoms with Crippen LogP contribution in [0.4, 0.5) is 5.69 Å². The van der Waals surface area contributed by atoms with E-state index < -0.39 is 0 Å². The highest BCUT2D eigenvalue weighted by Crippen LogP contribution is 2.42. The molecule has 32 heavy (non-hydrogen) atoms. The third-order valence-corrected chi connectivity index (χ3v) is 6.25. The van der Waals surface area contributed by atoms with Crippen LogP contribution in [0, 0.1) is 0 Å². The molecule has 5 rings (SSSR count). The van der Waals surface area contributed by atoms with Gasteiger partial charge in [-0.05, 0) is 84.9 Å². The van der Waals surface area contributed by atoms with Gasteiger partial charge in [0.2, 0.25) is 0 Å². The van der Waals surface area contributed by atoms with Crippen LogP contribution < -0.4 is 10.2 Å². The van der Waals surface area contributed by atoms with Crippen molar-refractivity contribution >= 4 is 23.0 Å². The van der Waals surface area contributed by atoms with Gasteiger partial charge in [-0.15, -0.1) is 0 Å². The van der Waals surface area contributed by atoms with Gasteiger partial charge in [-0.3, -0.25) is 4.98 Å². The summed E-state index contributed by atoms with van der Waals surface area (Å²) < 4.78 is 2.14. The Morgan fingerprint density at radius 2 is 1.69 bits per heavy atom. The number of nitrogens with one attached hydrogen (secondary N) is 1. The summed E-state index contributed by atoms with van der Waals surface area (Å²) in [4.78, 5) is 6.81. The maximum atomic E-state index is 9.74. The Labute approximate surface area is 193 Å². The molecule has 1 aliphatic rings. The summed E-state index contributed by atoms with van der Waals surface area (Å²) in [6.07, 6.45) is 4.85. The first-order chi connectivity index (χ1) is 15.7. The van der Waals surface area contributed by atoms with Crippen molar-refractivity contribution in [3.63, 3.8) is 0 Å². The molecule has 0 bridgehead atoms. The van der Waals surface area contributed by atoms with E-state index in [4.69, 9.17) is 12.2 Å². The van der Waals surface area contributed by atoms with Gasteiger partial charge in [-0.2, -0.15) is 0 Å². The quantitative estimate of drug-likeness (QED) is 0.412. The molecule has 6 heteroatoms. The van der Waals surface area contributed by atoms with Crippen molar-refractivity contribution in [2.75, 3.05) is 4.90 Å². The number of pyridine rings is 1. The number of phenols is 1. The minimum atomic E-state index is -0.111. The molecular formula is C26H24N4OS. The summed E-state index contributed by atoms with van der Waals surface area (Å²) in [6, 6.07) is 25.7. The predicted octanol–water partition coefficient (Wildman–Crippen LogP) is 5.32. The number of anilines is 1. The molecule has 2 atom stereocenters. The molecule has 1 aliphatic heterocycles. The van der Waals surface area contributed by atoms with Gasteiger partial charge >= 0.3 is 0 Å². The zero-order chi connectivity index (χ0) is 22.1. The highest BCUT2D eigenvalue weighted by molar-refractivity contribution is 7.80. The highest BCUT2D eigenvalue weighted by Gasteiger charge is 2.42. The fraction of sp³-hybridized carbons (Fsp3) is 0.154. The summed E-state index contributed by atoms with van der Waals surface area (Å²) in [5.74, 6) is 0.246. The van der Waals surface area contributed by atoms with Gasteiger partial charge in [0.25, 0.3) is 0 Å². The molecule has 0 saturated carbocycles. The standard InChI is InChI=1S/C26H24N4OS/c1-2-18-8-10-20(11-9-18)30-25(24(28-26(30)32)22-6-3-4-16-27-22)23-7-5-17-29(23)19-12-14-21(31)15-13-19/h3-17,24-25,31H,2H2,1H3,(H,28,32)/t24-,25+/m0/s1. The van der Waals surface area contributed by atoms with Crippen LogP contribution in [-0.2, 0) is 6.42 Å². The van der Waals surface area contributed by atoms with Gasteiger partial charge < -0.3 is 19.9 Å². The number of thiocarbonyl (C=S) groups is 1. The zero-order valence-electron chi connectivity index (χ0n) is 17.7. The van der Waals surface area contributed by atoms with E-state index in [2.05, 4.69) is 57.0 Å². The van der Waals surface area contributed by atoms with E-state index in [1.807, 2.05) is 48.8 Å². The summed E-state index contributed by atoms with van der Waals surface area (Å²) in [7, 11) is 0. The van der Waals surface area contributed by atoms with Crippen molar-refractivity contribution in [3.05, 3.63) is 108 Å². The Morgan fingerprint density at radius 1 is 0.938 bits per heavy atom. The average Bonchev–Trinajstić information content (AvgIpc) is 3.44. The normalized spacial score (nSPS) is 18.0. The summed E-state index contributed by atoms with van der Waals surface area (Å²) in [5.41, 5.74) is 5.32.